The van der Waals surface area contributed by atoms with E-state index in [1.54, 1.807) is 0 Å². The normalized spacial score (nSPS) is 22.6. The Kier molecular flexibility index (Phi) is 7.16. The fourth-order valence-electron chi connectivity index (χ4n) is 3.08. The molecule has 0 bridgehead atoms. The molecule has 21 heavy (non-hydrogen) atoms. The number of nitrogens with zero attached hydrogens (tertiary/aromatic N) is 3. The minimum absolute atomic E-state index is 0.456. The van der Waals surface area contributed by atoms with Crippen molar-refractivity contribution in [3.8, 4) is 0 Å². The lowest BCUT2D eigenvalue weighted by molar-refractivity contribution is -0.0162. The van der Waals surface area contributed by atoms with Crippen molar-refractivity contribution in [2.75, 3.05) is 13.2 Å². The molecule has 0 spiro atoms. The van der Waals surface area contributed by atoms with Crippen LogP contribution < -0.4 is 5.32 Å². The Balaban J connectivity index is 1.68. The van der Waals surface area contributed by atoms with Crippen molar-refractivity contribution in [1.29, 1.82) is 0 Å². The van der Waals surface area contributed by atoms with Gasteiger partial charge in [0, 0.05) is 12.7 Å². The van der Waals surface area contributed by atoms with Gasteiger partial charge in [0.05, 0.1) is 24.9 Å². The van der Waals surface area contributed by atoms with Gasteiger partial charge in [-0.2, -0.15) is 0 Å². The molecule has 1 fully saturated rings. The van der Waals surface area contributed by atoms with Gasteiger partial charge in [-0.1, -0.05) is 38.3 Å². The summed E-state index contributed by atoms with van der Waals surface area (Å²) < 4.78 is 7.99. The highest BCUT2D eigenvalue weighted by molar-refractivity contribution is 4.91. The summed E-state index contributed by atoms with van der Waals surface area (Å²) >= 11 is 0. The van der Waals surface area contributed by atoms with E-state index in [-0.39, 0.29) is 0 Å². The first-order chi connectivity index (χ1) is 10.3. The average molecular weight is 294 g/mol. The van der Waals surface area contributed by atoms with E-state index in [0.29, 0.717) is 6.10 Å². The van der Waals surface area contributed by atoms with Crippen LogP contribution in [-0.4, -0.2) is 34.2 Å². The molecule has 5 nitrogen and oxygen atoms in total. The first-order valence-corrected chi connectivity index (χ1v) is 8.54. The lowest BCUT2D eigenvalue weighted by Crippen LogP contribution is -2.28. The van der Waals surface area contributed by atoms with Crippen LogP contribution in [0.5, 0.6) is 0 Å². The van der Waals surface area contributed by atoms with Gasteiger partial charge in [0.1, 0.15) is 0 Å². The second kappa shape index (κ2) is 9.15. The number of hydrogen-bond donors (Lipinski definition) is 1. The minimum atomic E-state index is 0.456. The van der Waals surface area contributed by atoms with Gasteiger partial charge in [0.15, 0.2) is 0 Å². The smallest absolute Gasteiger partial charge is 0.0964 e. The second-order valence-electron chi connectivity index (χ2n) is 6.01. The molecule has 0 saturated heterocycles. The van der Waals surface area contributed by atoms with Crippen LogP contribution in [0.3, 0.4) is 0 Å². The van der Waals surface area contributed by atoms with Crippen LogP contribution in [0, 0.1) is 5.92 Å². The molecule has 1 N–H and O–H groups in total. The molecule has 5 heteroatoms. The van der Waals surface area contributed by atoms with Gasteiger partial charge in [-0.15, -0.1) is 5.10 Å². The van der Waals surface area contributed by atoms with Crippen LogP contribution in [0.4, 0.5) is 0 Å². The second-order valence-corrected chi connectivity index (χ2v) is 6.01. The van der Waals surface area contributed by atoms with Crippen molar-refractivity contribution in [3.63, 3.8) is 0 Å². The molecule has 1 heterocycles. The van der Waals surface area contributed by atoms with Crippen molar-refractivity contribution in [2.45, 2.75) is 71.6 Å². The van der Waals surface area contributed by atoms with Gasteiger partial charge in [-0.05, 0) is 31.7 Å². The maximum atomic E-state index is 6.09. The minimum Gasteiger partial charge on any atom is -0.376 e. The maximum Gasteiger partial charge on any atom is 0.0964 e. The fourth-order valence-corrected chi connectivity index (χ4v) is 3.08. The molecule has 1 aromatic heterocycles. The van der Waals surface area contributed by atoms with Crippen molar-refractivity contribution in [3.05, 3.63) is 11.9 Å². The third-order valence-electron chi connectivity index (χ3n) is 4.34. The van der Waals surface area contributed by atoms with E-state index in [0.717, 1.165) is 44.3 Å². The van der Waals surface area contributed by atoms with Crippen LogP contribution in [0.2, 0.25) is 0 Å². The Morgan fingerprint density at radius 3 is 3.00 bits per heavy atom. The monoisotopic (exact) mass is 294 g/mol. The third-order valence-corrected chi connectivity index (χ3v) is 4.34. The summed E-state index contributed by atoms with van der Waals surface area (Å²) in [4.78, 5) is 0. The lowest BCUT2D eigenvalue weighted by Gasteiger charge is -2.30. The zero-order chi connectivity index (χ0) is 14.9. The highest BCUT2D eigenvalue weighted by Crippen LogP contribution is 2.28. The van der Waals surface area contributed by atoms with E-state index >= 15 is 0 Å². The predicted octanol–water partition coefficient (Wildman–Crippen LogP) is 2.76. The SMILES string of the molecule is CCCNCc1cn(CCOC2CCCCC2CC)nn1. The number of aromatic nitrogens is 3. The number of hydrogen-bond acceptors (Lipinski definition) is 4. The average Bonchev–Trinajstić information content (AvgIpc) is 2.96. The summed E-state index contributed by atoms with van der Waals surface area (Å²) in [6.45, 7) is 7.81. The van der Waals surface area contributed by atoms with Crippen molar-refractivity contribution in [2.24, 2.45) is 5.92 Å². The van der Waals surface area contributed by atoms with Gasteiger partial charge >= 0.3 is 0 Å². The van der Waals surface area contributed by atoms with Gasteiger partial charge in [-0.3, -0.25) is 0 Å². The van der Waals surface area contributed by atoms with Crippen molar-refractivity contribution in [1.82, 2.24) is 20.3 Å². The molecule has 0 aliphatic heterocycles. The zero-order valence-electron chi connectivity index (χ0n) is 13.6. The van der Waals surface area contributed by atoms with Crippen LogP contribution in [0.1, 0.15) is 58.1 Å². The summed E-state index contributed by atoms with van der Waals surface area (Å²) in [5.74, 6) is 0.753. The van der Waals surface area contributed by atoms with Gasteiger partial charge in [0.2, 0.25) is 0 Å². The van der Waals surface area contributed by atoms with E-state index in [4.69, 9.17) is 4.74 Å². The predicted molar refractivity (Wildman–Crippen MR) is 84.0 cm³/mol. The molecule has 120 valence electrons. The quantitative estimate of drug-likeness (QED) is 0.712. The molecule has 0 aromatic carbocycles. The molecule has 0 radical (unpaired) electrons. The molecule has 2 atom stereocenters. The summed E-state index contributed by atoms with van der Waals surface area (Å²) in [6.07, 6.45) is 10.1. The highest BCUT2D eigenvalue weighted by atomic mass is 16.5. The lowest BCUT2D eigenvalue weighted by atomic mass is 9.85. The van der Waals surface area contributed by atoms with E-state index < -0.39 is 0 Å². The van der Waals surface area contributed by atoms with Crippen LogP contribution in [0.25, 0.3) is 0 Å². The Bertz CT molecular complexity index is 393. The first-order valence-electron chi connectivity index (χ1n) is 8.54. The standard InChI is InChI=1S/C16H30N4O/c1-3-9-17-12-15-13-20(19-18-15)10-11-21-16-8-6-5-7-14(16)4-2/h13-14,16-17H,3-12H2,1-2H3. The Morgan fingerprint density at radius 1 is 1.33 bits per heavy atom. The van der Waals surface area contributed by atoms with Gasteiger partial charge in [0.25, 0.3) is 0 Å². The molecule has 1 aliphatic rings. The Labute approximate surface area is 128 Å². The van der Waals surface area contributed by atoms with E-state index in [9.17, 15) is 0 Å². The van der Waals surface area contributed by atoms with Crippen LogP contribution in [0.15, 0.2) is 6.20 Å². The largest absolute Gasteiger partial charge is 0.376 e. The maximum absolute atomic E-state index is 6.09. The highest BCUT2D eigenvalue weighted by Gasteiger charge is 2.23. The topological polar surface area (TPSA) is 52.0 Å². The van der Waals surface area contributed by atoms with E-state index in [1.807, 2.05) is 10.9 Å². The molecular formula is C16H30N4O. The Morgan fingerprint density at radius 2 is 2.19 bits per heavy atom. The molecule has 0 amide bonds. The summed E-state index contributed by atoms with van der Waals surface area (Å²) in [7, 11) is 0. The van der Waals surface area contributed by atoms with Gasteiger partial charge in [-0.25, -0.2) is 4.68 Å². The molecule has 2 unspecified atom stereocenters. The molecule has 1 aliphatic carbocycles. The number of rotatable bonds is 9. The first kappa shape index (κ1) is 16.4. The van der Waals surface area contributed by atoms with E-state index in [2.05, 4.69) is 29.5 Å². The number of ether oxygens (including phenoxy) is 1. The van der Waals surface area contributed by atoms with Crippen molar-refractivity contribution < 1.29 is 4.74 Å². The summed E-state index contributed by atoms with van der Waals surface area (Å²) in [6, 6.07) is 0. The Hall–Kier alpha value is -0.940. The summed E-state index contributed by atoms with van der Waals surface area (Å²) in [5, 5.41) is 11.7. The van der Waals surface area contributed by atoms with Gasteiger partial charge < -0.3 is 10.1 Å². The van der Waals surface area contributed by atoms with Crippen molar-refractivity contribution >= 4 is 0 Å². The number of nitrogens with one attached hydrogen (secondary N) is 1. The third kappa shape index (κ3) is 5.40. The zero-order valence-corrected chi connectivity index (χ0v) is 13.6. The van der Waals surface area contributed by atoms with Crippen LogP contribution in [-0.2, 0) is 17.8 Å². The molecule has 2 rings (SSSR count). The molecular weight excluding hydrogens is 264 g/mol. The fraction of sp³-hybridized carbons (Fsp3) is 0.875. The molecule has 1 aromatic rings. The summed E-state index contributed by atoms with van der Waals surface area (Å²) in [5.41, 5.74) is 1.01. The molecule has 1 saturated carbocycles. The van der Waals surface area contributed by atoms with E-state index in [1.165, 1.54) is 32.1 Å². The van der Waals surface area contributed by atoms with Crippen LogP contribution >= 0.6 is 0 Å².